The molecule has 0 atom stereocenters. The molecular weight excluding hydrogens is 198 g/mol. The second-order valence-electron chi connectivity index (χ2n) is 4.35. The molecule has 1 aromatic heterocycles. The van der Waals surface area contributed by atoms with Crippen LogP contribution >= 0.6 is 0 Å². The molecular formula is C13H15N3. The normalized spacial score (nSPS) is 13.6. The van der Waals surface area contributed by atoms with Crippen LogP contribution in [0.5, 0.6) is 0 Å². The van der Waals surface area contributed by atoms with Gasteiger partial charge in [-0.05, 0) is 36.6 Å². The molecule has 2 heterocycles. The summed E-state index contributed by atoms with van der Waals surface area (Å²) in [5.41, 5.74) is 6.30. The molecule has 1 aliphatic heterocycles. The van der Waals surface area contributed by atoms with Gasteiger partial charge in [-0.2, -0.15) is 5.10 Å². The van der Waals surface area contributed by atoms with Gasteiger partial charge in [-0.1, -0.05) is 6.07 Å². The van der Waals surface area contributed by atoms with Crippen molar-refractivity contribution in [1.29, 1.82) is 0 Å². The number of nitrogens with one attached hydrogen (secondary N) is 1. The van der Waals surface area contributed by atoms with Gasteiger partial charge in [0.2, 0.25) is 0 Å². The maximum Gasteiger partial charge on any atom is 0.0671 e. The van der Waals surface area contributed by atoms with Gasteiger partial charge in [-0.25, -0.2) is 0 Å². The minimum absolute atomic E-state index is 1.06. The Labute approximate surface area is 95.1 Å². The Morgan fingerprint density at radius 1 is 1.38 bits per heavy atom. The zero-order valence-corrected chi connectivity index (χ0v) is 9.62. The van der Waals surface area contributed by atoms with E-state index in [1.807, 2.05) is 11.7 Å². The van der Waals surface area contributed by atoms with Crippen molar-refractivity contribution in [3.05, 3.63) is 35.7 Å². The molecule has 0 amide bonds. The van der Waals surface area contributed by atoms with Crippen LogP contribution in [0.25, 0.3) is 11.1 Å². The lowest BCUT2D eigenvalue weighted by Gasteiger charge is -2.03. The molecule has 2 aromatic rings. The van der Waals surface area contributed by atoms with Crippen LogP contribution in [0.1, 0.15) is 11.3 Å². The van der Waals surface area contributed by atoms with Crippen molar-refractivity contribution < 1.29 is 0 Å². The van der Waals surface area contributed by atoms with E-state index < -0.39 is 0 Å². The summed E-state index contributed by atoms with van der Waals surface area (Å²) in [5, 5.41) is 7.76. The number of aryl methyl sites for hydroxylation is 2. The SMILES string of the molecule is Cc1nn(C)cc1-c1ccc2c(c1)CCN2. The highest BCUT2D eigenvalue weighted by atomic mass is 15.2. The predicted molar refractivity (Wildman–Crippen MR) is 65.6 cm³/mol. The molecule has 0 fully saturated rings. The van der Waals surface area contributed by atoms with Crippen molar-refractivity contribution >= 4 is 5.69 Å². The number of anilines is 1. The van der Waals surface area contributed by atoms with Crippen molar-refractivity contribution in [2.75, 3.05) is 11.9 Å². The predicted octanol–water partition coefficient (Wildman–Crippen LogP) is 2.36. The quantitative estimate of drug-likeness (QED) is 0.788. The third-order valence-corrected chi connectivity index (χ3v) is 3.14. The Bertz CT molecular complexity index is 540. The van der Waals surface area contributed by atoms with Crippen LogP contribution < -0.4 is 5.32 Å². The van der Waals surface area contributed by atoms with Crippen LogP contribution in [-0.2, 0) is 13.5 Å². The zero-order chi connectivity index (χ0) is 11.1. The number of aromatic nitrogens is 2. The van der Waals surface area contributed by atoms with E-state index in [0.717, 1.165) is 18.7 Å². The summed E-state index contributed by atoms with van der Waals surface area (Å²) in [6.45, 7) is 3.12. The molecule has 0 spiro atoms. The molecule has 0 saturated heterocycles. The molecule has 3 nitrogen and oxygen atoms in total. The van der Waals surface area contributed by atoms with E-state index in [-0.39, 0.29) is 0 Å². The van der Waals surface area contributed by atoms with E-state index >= 15 is 0 Å². The van der Waals surface area contributed by atoms with Crippen LogP contribution in [-0.4, -0.2) is 16.3 Å². The largest absolute Gasteiger partial charge is 0.384 e. The van der Waals surface area contributed by atoms with Crippen LogP contribution in [0.15, 0.2) is 24.4 Å². The van der Waals surface area contributed by atoms with Gasteiger partial charge >= 0.3 is 0 Å². The summed E-state index contributed by atoms with van der Waals surface area (Å²) in [6.07, 6.45) is 3.21. The third-order valence-electron chi connectivity index (χ3n) is 3.14. The van der Waals surface area contributed by atoms with Crippen molar-refractivity contribution in [2.24, 2.45) is 7.05 Å². The second kappa shape index (κ2) is 3.37. The number of nitrogens with zero attached hydrogens (tertiary/aromatic N) is 2. The topological polar surface area (TPSA) is 29.9 Å². The van der Waals surface area contributed by atoms with Crippen molar-refractivity contribution in [2.45, 2.75) is 13.3 Å². The summed E-state index contributed by atoms with van der Waals surface area (Å²) in [5.74, 6) is 0. The molecule has 3 heteroatoms. The molecule has 0 bridgehead atoms. The lowest BCUT2D eigenvalue weighted by atomic mass is 10.0. The number of hydrogen-bond acceptors (Lipinski definition) is 2. The van der Waals surface area contributed by atoms with Crippen molar-refractivity contribution in [3.63, 3.8) is 0 Å². The van der Waals surface area contributed by atoms with Gasteiger partial charge in [0, 0.05) is 31.0 Å². The average molecular weight is 213 g/mol. The van der Waals surface area contributed by atoms with Gasteiger partial charge in [-0.3, -0.25) is 4.68 Å². The molecule has 1 aromatic carbocycles. The Morgan fingerprint density at radius 3 is 3.00 bits per heavy atom. The van der Waals surface area contributed by atoms with Gasteiger partial charge in [0.1, 0.15) is 0 Å². The fourth-order valence-electron chi connectivity index (χ4n) is 2.36. The molecule has 1 aliphatic rings. The standard InChI is InChI=1S/C13H15N3/c1-9-12(8-16(2)15-9)10-3-4-13-11(7-10)5-6-14-13/h3-4,7-8,14H,5-6H2,1-2H3. The average Bonchev–Trinajstić information content (AvgIpc) is 2.83. The summed E-state index contributed by atoms with van der Waals surface area (Å²) >= 11 is 0. The van der Waals surface area contributed by atoms with E-state index in [4.69, 9.17) is 0 Å². The molecule has 0 aliphatic carbocycles. The van der Waals surface area contributed by atoms with Crippen LogP contribution in [0, 0.1) is 6.92 Å². The molecule has 0 unspecified atom stereocenters. The minimum Gasteiger partial charge on any atom is -0.384 e. The van der Waals surface area contributed by atoms with Crippen molar-refractivity contribution in [1.82, 2.24) is 9.78 Å². The smallest absolute Gasteiger partial charge is 0.0671 e. The monoisotopic (exact) mass is 213 g/mol. The highest BCUT2D eigenvalue weighted by Gasteiger charge is 2.12. The number of benzene rings is 1. The first-order valence-electron chi connectivity index (χ1n) is 5.61. The first kappa shape index (κ1) is 9.46. The molecule has 0 radical (unpaired) electrons. The maximum atomic E-state index is 4.38. The number of hydrogen-bond donors (Lipinski definition) is 1. The molecule has 0 saturated carbocycles. The van der Waals surface area contributed by atoms with Gasteiger partial charge in [-0.15, -0.1) is 0 Å². The summed E-state index contributed by atoms with van der Waals surface area (Å²) in [4.78, 5) is 0. The Balaban J connectivity index is 2.10. The summed E-state index contributed by atoms with van der Waals surface area (Å²) in [7, 11) is 1.96. The minimum atomic E-state index is 1.06. The van der Waals surface area contributed by atoms with E-state index in [9.17, 15) is 0 Å². The van der Waals surface area contributed by atoms with Gasteiger partial charge in [0.15, 0.2) is 0 Å². The molecule has 16 heavy (non-hydrogen) atoms. The lowest BCUT2D eigenvalue weighted by molar-refractivity contribution is 0.756. The fraction of sp³-hybridized carbons (Fsp3) is 0.308. The summed E-state index contributed by atoms with van der Waals surface area (Å²) in [6, 6.07) is 6.62. The van der Waals surface area contributed by atoms with E-state index in [1.54, 1.807) is 0 Å². The highest BCUT2D eigenvalue weighted by molar-refractivity contribution is 5.70. The van der Waals surface area contributed by atoms with Gasteiger partial charge in [0.05, 0.1) is 5.69 Å². The fourth-order valence-corrected chi connectivity index (χ4v) is 2.36. The number of fused-ring (bicyclic) bond motifs is 1. The van der Waals surface area contributed by atoms with Crippen LogP contribution in [0.3, 0.4) is 0 Å². The molecule has 82 valence electrons. The van der Waals surface area contributed by atoms with E-state index in [0.29, 0.717) is 0 Å². The first-order chi connectivity index (χ1) is 7.74. The Hall–Kier alpha value is -1.77. The summed E-state index contributed by atoms with van der Waals surface area (Å²) < 4.78 is 1.87. The van der Waals surface area contributed by atoms with Crippen LogP contribution in [0.4, 0.5) is 5.69 Å². The van der Waals surface area contributed by atoms with Gasteiger partial charge < -0.3 is 5.32 Å². The maximum absolute atomic E-state index is 4.38. The van der Waals surface area contributed by atoms with Crippen LogP contribution in [0.2, 0.25) is 0 Å². The second-order valence-corrected chi connectivity index (χ2v) is 4.35. The zero-order valence-electron chi connectivity index (χ0n) is 9.62. The Kier molecular flexibility index (Phi) is 1.99. The van der Waals surface area contributed by atoms with E-state index in [2.05, 4.69) is 41.7 Å². The van der Waals surface area contributed by atoms with Crippen molar-refractivity contribution in [3.8, 4) is 11.1 Å². The third kappa shape index (κ3) is 1.40. The first-order valence-corrected chi connectivity index (χ1v) is 5.61. The number of rotatable bonds is 1. The lowest BCUT2D eigenvalue weighted by Crippen LogP contribution is -1.90. The van der Waals surface area contributed by atoms with E-state index in [1.165, 1.54) is 22.4 Å². The Morgan fingerprint density at radius 2 is 2.25 bits per heavy atom. The highest BCUT2D eigenvalue weighted by Crippen LogP contribution is 2.29. The van der Waals surface area contributed by atoms with Gasteiger partial charge in [0.25, 0.3) is 0 Å². The molecule has 3 rings (SSSR count). The molecule has 1 N–H and O–H groups in total.